The van der Waals surface area contributed by atoms with Crippen LogP contribution in [-0.4, -0.2) is 17.1 Å². The molecule has 7 heteroatoms. The standard InChI is InChI=1S/C15H16ClF3N2O/c1-8(2)11-5-13-9(4-12(11)16)3-10(21-13)7-20-14(22)6-15(17,18)19/h3-5,8,21H,6-7H2,1-2H3,(H,20,22). The Kier molecular flexibility index (Phi) is 4.70. The normalized spacial score (nSPS) is 12.1. The van der Waals surface area contributed by atoms with Gasteiger partial charge < -0.3 is 10.3 Å². The van der Waals surface area contributed by atoms with Crippen molar-refractivity contribution in [1.29, 1.82) is 0 Å². The minimum absolute atomic E-state index is 0.0121. The first kappa shape index (κ1) is 16.7. The zero-order valence-electron chi connectivity index (χ0n) is 12.1. The van der Waals surface area contributed by atoms with Gasteiger partial charge in [-0.3, -0.25) is 4.79 Å². The van der Waals surface area contributed by atoms with Gasteiger partial charge in [-0.05, 0) is 29.7 Å². The van der Waals surface area contributed by atoms with Crippen LogP contribution >= 0.6 is 11.6 Å². The van der Waals surface area contributed by atoms with E-state index in [0.717, 1.165) is 16.5 Å². The molecule has 1 amide bonds. The molecule has 1 aromatic carbocycles. The molecule has 2 aromatic rings. The second-order valence-corrected chi connectivity index (χ2v) is 5.89. The van der Waals surface area contributed by atoms with Crippen LogP contribution in [0.25, 0.3) is 10.9 Å². The van der Waals surface area contributed by atoms with E-state index in [4.69, 9.17) is 11.6 Å². The third-order valence-electron chi connectivity index (χ3n) is 3.25. The Labute approximate surface area is 130 Å². The van der Waals surface area contributed by atoms with Crippen LogP contribution in [0.4, 0.5) is 13.2 Å². The highest BCUT2D eigenvalue weighted by atomic mass is 35.5. The highest BCUT2D eigenvalue weighted by Crippen LogP contribution is 2.29. The predicted octanol–water partition coefficient (Wildman–Crippen LogP) is 4.51. The minimum Gasteiger partial charge on any atom is -0.357 e. The summed E-state index contributed by atoms with van der Waals surface area (Å²) in [6, 6.07) is 5.49. The summed E-state index contributed by atoms with van der Waals surface area (Å²) in [5.41, 5.74) is 2.46. The minimum atomic E-state index is -4.50. The molecule has 0 saturated heterocycles. The number of hydrogen-bond acceptors (Lipinski definition) is 1. The summed E-state index contributed by atoms with van der Waals surface area (Å²) in [5.74, 6) is -0.790. The quantitative estimate of drug-likeness (QED) is 0.850. The van der Waals surface area contributed by atoms with E-state index in [-0.39, 0.29) is 12.5 Å². The van der Waals surface area contributed by atoms with Crippen LogP contribution in [0, 0.1) is 0 Å². The topological polar surface area (TPSA) is 44.9 Å². The van der Waals surface area contributed by atoms with Gasteiger partial charge >= 0.3 is 6.18 Å². The number of hydrogen-bond donors (Lipinski definition) is 2. The van der Waals surface area contributed by atoms with Gasteiger partial charge in [0.2, 0.25) is 5.91 Å². The van der Waals surface area contributed by atoms with Crippen LogP contribution in [0.2, 0.25) is 5.02 Å². The second-order valence-electron chi connectivity index (χ2n) is 5.48. The number of aromatic nitrogens is 1. The van der Waals surface area contributed by atoms with Crippen molar-refractivity contribution in [2.75, 3.05) is 0 Å². The van der Waals surface area contributed by atoms with Crippen molar-refractivity contribution in [1.82, 2.24) is 10.3 Å². The summed E-state index contributed by atoms with van der Waals surface area (Å²) >= 11 is 6.20. The van der Waals surface area contributed by atoms with Gasteiger partial charge in [-0.1, -0.05) is 25.4 Å². The fraction of sp³-hybridized carbons (Fsp3) is 0.400. The van der Waals surface area contributed by atoms with Gasteiger partial charge in [-0.25, -0.2) is 0 Å². The molecule has 1 heterocycles. The number of H-pyrrole nitrogens is 1. The van der Waals surface area contributed by atoms with Gasteiger partial charge in [0.25, 0.3) is 0 Å². The molecule has 0 atom stereocenters. The van der Waals surface area contributed by atoms with E-state index in [1.165, 1.54) is 0 Å². The molecule has 2 N–H and O–H groups in total. The molecule has 2 rings (SSSR count). The number of rotatable bonds is 4. The van der Waals surface area contributed by atoms with Gasteiger partial charge in [0.05, 0.1) is 6.54 Å². The van der Waals surface area contributed by atoms with E-state index < -0.39 is 18.5 Å². The summed E-state index contributed by atoms with van der Waals surface area (Å²) in [7, 11) is 0. The molecule has 0 saturated carbocycles. The Morgan fingerprint density at radius 3 is 2.59 bits per heavy atom. The number of aromatic amines is 1. The van der Waals surface area contributed by atoms with Crippen LogP contribution in [-0.2, 0) is 11.3 Å². The number of nitrogens with one attached hydrogen (secondary N) is 2. The van der Waals surface area contributed by atoms with Crippen LogP contribution in [0.15, 0.2) is 18.2 Å². The first-order valence-electron chi connectivity index (χ1n) is 6.80. The molecule has 1 aromatic heterocycles. The molecule has 3 nitrogen and oxygen atoms in total. The molecular weight excluding hydrogens is 317 g/mol. The SMILES string of the molecule is CC(C)c1cc2[nH]c(CNC(=O)CC(F)(F)F)cc2cc1Cl. The summed E-state index contributed by atoms with van der Waals surface area (Å²) in [6.45, 7) is 4.06. The maximum atomic E-state index is 12.1. The van der Waals surface area contributed by atoms with Gasteiger partial charge in [-0.2, -0.15) is 13.2 Å². The van der Waals surface area contributed by atoms with E-state index in [1.54, 1.807) is 6.07 Å². The van der Waals surface area contributed by atoms with E-state index in [2.05, 4.69) is 10.3 Å². The molecule has 0 aliphatic rings. The van der Waals surface area contributed by atoms with Crippen molar-refractivity contribution in [3.8, 4) is 0 Å². The summed E-state index contributed by atoms with van der Waals surface area (Å²) in [4.78, 5) is 14.3. The first-order valence-corrected chi connectivity index (χ1v) is 7.18. The number of alkyl halides is 3. The highest BCUT2D eigenvalue weighted by Gasteiger charge is 2.30. The molecule has 0 radical (unpaired) electrons. The highest BCUT2D eigenvalue weighted by molar-refractivity contribution is 6.32. The maximum Gasteiger partial charge on any atom is 0.397 e. The smallest absolute Gasteiger partial charge is 0.357 e. The Bertz CT molecular complexity index is 692. The van der Waals surface area contributed by atoms with Gasteiger partial charge in [-0.15, -0.1) is 0 Å². The fourth-order valence-corrected chi connectivity index (χ4v) is 2.60. The number of carbonyl (C=O) groups excluding carboxylic acids is 1. The van der Waals surface area contributed by atoms with Crippen LogP contribution < -0.4 is 5.32 Å². The van der Waals surface area contributed by atoms with Gasteiger partial charge in [0.15, 0.2) is 0 Å². The lowest BCUT2D eigenvalue weighted by molar-refractivity contribution is -0.153. The van der Waals surface area contributed by atoms with Crippen molar-refractivity contribution >= 4 is 28.4 Å². The van der Waals surface area contributed by atoms with E-state index >= 15 is 0 Å². The molecule has 0 aliphatic carbocycles. The number of fused-ring (bicyclic) bond motifs is 1. The Morgan fingerprint density at radius 2 is 2.00 bits per heavy atom. The average Bonchev–Trinajstić information content (AvgIpc) is 2.74. The molecule has 0 aliphatic heterocycles. The van der Waals surface area contributed by atoms with Crippen LogP contribution in [0.5, 0.6) is 0 Å². The van der Waals surface area contributed by atoms with E-state index in [0.29, 0.717) is 10.7 Å². The van der Waals surface area contributed by atoms with Crippen molar-refractivity contribution < 1.29 is 18.0 Å². The third kappa shape index (κ3) is 4.16. The molecule has 0 fully saturated rings. The number of halogens is 4. The zero-order chi connectivity index (χ0) is 16.5. The number of carbonyl (C=O) groups is 1. The largest absolute Gasteiger partial charge is 0.397 e. The Balaban J connectivity index is 2.12. The molecular formula is C15H16ClF3N2O. The second kappa shape index (κ2) is 6.20. The molecule has 0 bridgehead atoms. The van der Waals surface area contributed by atoms with Crippen molar-refractivity contribution in [3.63, 3.8) is 0 Å². The lowest BCUT2D eigenvalue weighted by Gasteiger charge is -2.07. The lowest BCUT2D eigenvalue weighted by atomic mass is 10.0. The Hall–Kier alpha value is -1.69. The first-order chi connectivity index (χ1) is 10.2. The average molecular weight is 333 g/mol. The zero-order valence-corrected chi connectivity index (χ0v) is 12.9. The van der Waals surface area contributed by atoms with Gasteiger partial charge in [0.1, 0.15) is 6.42 Å². The predicted molar refractivity (Wildman–Crippen MR) is 79.9 cm³/mol. The monoisotopic (exact) mass is 332 g/mol. The van der Waals surface area contributed by atoms with Crippen molar-refractivity contribution in [2.24, 2.45) is 0 Å². The van der Waals surface area contributed by atoms with Gasteiger partial charge in [0, 0.05) is 21.6 Å². The fourth-order valence-electron chi connectivity index (χ4n) is 2.21. The Morgan fingerprint density at radius 1 is 1.32 bits per heavy atom. The summed E-state index contributed by atoms with van der Waals surface area (Å²) in [5, 5.41) is 3.75. The van der Waals surface area contributed by atoms with Crippen LogP contribution in [0.3, 0.4) is 0 Å². The molecule has 0 unspecified atom stereocenters. The number of benzene rings is 1. The van der Waals surface area contributed by atoms with E-state index in [1.807, 2.05) is 26.0 Å². The maximum absolute atomic E-state index is 12.1. The van der Waals surface area contributed by atoms with Crippen LogP contribution in [0.1, 0.15) is 37.4 Å². The van der Waals surface area contributed by atoms with Crippen molar-refractivity contribution in [2.45, 2.75) is 38.9 Å². The lowest BCUT2D eigenvalue weighted by Crippen LogP contribution is -2.28. The number of amides is 1. The molecule has 22 heavy (non-hydrogen) atoms. The van der Waals surface area contributed by atoms with Crippen molar-refractivity contribution in [3.05, 3.63) is 34.5 Å². The molecule has 0 spiro atoms. The summed E-state index contributed by atoms with van der Waals surface area (Å²) in [6.07, 6.45) is -5.97. The summed E-state index contributed by atoms with van der Waals surface area (Å²) < 4.78 is 36.2. The van der Waals surface area contributed by atoms with E-state index in [9.17, 15) is 18.0 Å². The third-order valence-corrected chi connectivity index (χ3v) is 3.58. The molecule has 120 valence electrons.